The maximum atomic E-state index is 13.7. The fraction of sp³-hybridized carbons (Fsp3) is 0.533. The van der Waals surface area contributed by atoms with E-state index < -0.39 is 11.6 Å². The highest BCUT2D eigenvalue weighted by Crippen LogP contribution is 2.18. The molecule has 0 radical (unpaired) electrons. The average molecular weight is 300 g/mol. The first-order valence-corrected chi connectivity index (χ1v) is 7.35. The number of hydrogen-bond acceptors (Lipinski definition) is 1. The van der Waals surface area contributed by atoms with Crippen LogP contribution in [-0.2, 0) is 0 Å². The van der Waals surface area contributed by atoms with E-state index in [1.54, 1.807) is 0 Å². The van der Waals surface area contributed by atoms with E-state index in [2.05, 4.69) is 37.9 Å². The van der Waals surface area contributed by atoms with Crippen LogP contribution in [-0.4, -0.2) is 22.1 Å². The standard InChI is InChI=1S/C15H22F2N2S/c1-5-10(3)19(11(4)6-2)15(20)18-14-8-7-12(16)9-13(14)17/h7-11H,5-6H2,1-4H3,(H,18,20). The molecule has 2 nitrogen and oxygen atoms in total. The van der Waals surface area contributed by atoms with Crippen molar-refractivity contribution < 1.29 is 8.78 Å². The zero-order chi connectivity index (χ0) is 15.3. The van der Waals surface area contributed by atoms with E-state index in [4.69, 9.17) is 12.2 Å². The van der Waals surface area contributed by atoms with Crippen molar-refractivity contribution in [1.29, 1.82) is 0 Å². The zero-order valence-corrected chi connectivity index (χ0v) is 13.2. The Kier molecular flexibility index (Phi) is 6.33. The Morgan fingerprint density at radius 1 is 1.20 bits per heavy atom. The van der Waals surface area contributed by atoms with Gasteiger partial charge in [-0.3, -0.25) is 0 Å². The zero-order valence-electron chi connectivity index (χ0n) is 12.4. The molecule has 0 aliphatic heterocycles. The van der Waals surface area contributed by atoms with Crippen LogP contribution in [0.1, 0.15) is 40.5 Å². The minimum absolute atomic E-state index is 0.202. The minimum Gasteiger partial charge on any atom is -0.344 e. The fourth-order valence-corrected chi connectivity index (χ4v) is 2.47. The van der Waals surface area contributed by atoms with Crippen LogP contribution in [0.25, 0.3) is 0 Å². The summed E-state index contributed by atoms with van der Waals surface area (Å²) in [5.74, 6) is -1.24. The summed E-state index contributed by atoms with van der Waals surface area (Å²) in [5, 5.41) is 3.36. The van der Waals surface area contributed by atoms with Crippen LogP contribution in [0.15, 0.2) is 18.2 Å². The molecular formula is C15H22F2N2S. The van der Waals surface area contributed by atoms with E-state index in [0.29, 0.717) is 5.11 Å². The van der Waals surface area contributed by atoms with Gasteiger partial charge >= 0.3 is 0 Å². The molecule has 1 N–H and O–H groups in total. The molecule has 1 aromatic rings. The molecule has 1 rings (SSSR count). The summed E-state index contributed by atoms with van der Waals surface area (Å²) < 4.78 is 26.6. The van der Waals surface area contributed by atoms with Gasteiger partial charge in [0.15, 0.2) is 5.11 Å². The Hall–Kier alpha value is -1.23. The van der Waals surface area contributed by atoms with Crippen LogP contribution in [0, 0.1) is 11.6 Å². The Morgan fingerprint density at radius 3 is 2.20 bits per heavy atom. The Labute approximate surface area is 125 Å². The smallest absolute Gasteiger partial charge is 0.173 e. The second-order valence-corrected chi connectivity index (χ2v) is 5.36. The van der Waals surface area contributed by atoms with Crippen LogP contribution >= 0.6 is 12.2 Å². The van der Waals surface area contributed by atoms with E-state index in [1.807, 2.05) is 0 Å². The molecule has 1 aromatic carbocycles. The predicted molar refractivity (Wildman–Crippen MR) is 83.9 cm³/mol. The lowest BCUT2D eigenvalue weighted by Crippen LogP contribution is -2.46. The molecule has 0 spiro atoms. The summed E-state index contributed by atoms with van der Waals surface area (Å²) >= 11 is 5.39. The fourth-order valence-electron chi connectivity index (χ4n) is 2.00. The minimum atomic E-state index is -0.638. The first-order chi connectivity index (χ1) is 9.40. The van der Waals surface area contributed by atoms with E-state index in [9.17, 15) is 8.78 Å². The number of hydrogen-bond donors (Lipinski definition) is 1. The number of nitrogens with one attached hydrogen (secondary N) is 1. The molecule has 0 aliphatic rings. The number of rotatable bonds is 5. The van der Waals surface area contributed by atoms with Crippen LogP contribution in [0.3, 0.4) is 0 Å². The molecule has 0 saturated carbocycles. The van der Waals surface area contributed by atoms with Gasteiger partial charge in [-0.1, -0.05) is 13.8 Å². The maximum Gasteiger partial charge on any atom is 0.173 e. The van der Waals surface area contributed by atoms with Gasteiger partial charge in [0.1, 0.15) is 11.6 Å². The topological polar surface area (TPSA) is 15.3 Å². The summed E-state index contributed by atoms with van der Waals surface area (Å²) in [5.41, 5.74) is 0.202. The number of halogens is 2. The molecule has 20 heavy (non-hydrogen) atoms. The van der Waals surface area contributed by atoms with Crippen molar-refractivity contribution in [3.8, 4) is 0 Å². The molecule has 0 bridgehead atoms. The third-order valence-electron chi connectivity index (χ3n) is 3.54. The van der Waals surface area contributed by atoms with E-state index in [0.717, 1.165) is 18.9 Å². The van der Waals surface area contributed by atoms with Crippen LogP contribution in [0.2, 0.25) is 0 Å². The van der Waals surface area contributed by atoms with Gasteiger partial charge in [-0.25, -0.2) is 8.78 Å². The van der Waals surface area contributed by atoms with Crippen LogP contribution in [0.4, 0.5) is 14.5 Å². The first kappa shape index (κ1) is 16.8. The lowest BCUT2D eigenvalue weighted by Gasteiger charge is -2.36. The van der Waals surface area contributed by atoms with Gasteiger partial charge in [0.05, 0.1) is 5.69 Å². The van der Waals surface area contributed by atoms with Crippen molar-refractivity contribution in [2.45, 2.75) is 52.6 Å². The van der Waals surface area contributed by atoms with Gasteiger partial charge in [-0.15, -0.1) is 0 Å². The molecule has 0 aliphatic carbocycles. The summed E-state index contributed by atoms with van der Waals surface area (Å²) in [7, 11) is 0. The highest BCUT2D eigenvalue weighted by Gasteiger charge is 2.21. The van der Waals surface area contributed by atoms with E-state index in [-0.39, 0.29) is 17.8 Å². The van der Waals surface area contributed by atoms with Gasteiger partial charge in [-0.05, 0) is 51.0 Å². The molecule has 0 aromatic heterocycles. The van der Waals surface area contributed by atoms with Crippen molar-refractivity contribution in [2.24, 2.45) is 0 Å². The van der Waals surface area contributed by atoms with Gasteiger partial charge < -0.3 is 10.2 Å². The Bertz CT molecular complexity index is 455. The number of thiocarbonyl (C=S) groups is 1. The third-order valence-corrected chi connectivity index (χ3v) is 3.85. The summed E-state index contributed by atoms with van der Waals surface area (Å²) in [6.07, 6.45) is 1.89. The van der Waals surface area contributed by atoms with Crippen molar-refractivity contribution in [3.63, 3.8) is 0 Å². The molecule has 0 heterocycles. The lowest BCUT2D eigenvalue weighted by molar-refractivity contribution is 0.254. The highest BCUT2D eigenvalue weighted by atomic mass is 32.1. The van der Waals surface area contributed by atoms with Crippen molar-refractivity contribution in [3.05, 3.63) is 29.8 Å². The predicted octanol–water partition coefficient (Wildman–Crippen LogP) is 4.56. The van der Waals surface area contributed by atoms with Crippen LogP contribution < -0.4 is 5.32 Å². The molecule has 0 fully saturated rings. The van der Waals surface area contributed by atoms with Gasteiger partial charge in [0, 0.05) is 18.2 Å². The average Bonchev–Trinajstić information content (AvgIpc) is 2.41. The molecule has 112 valence electrons. The second kappa shape index (κ2) is 7.53. The summed E-state index contributed by atoms with van der Waals surface area (Å²) in [6.45, 7) is 8.34. The highest BCUT2D eigenvalue weighted by molar-refractivity contribution is 7.80. The maximum absolute atomic E-state index is 13.7. The van der Waals surface area contributed by atoms with Crippen molar-refractivity contribution >= 4 is 23.0 Å². The van der Waals surface area contributed by atoms with Crippen molar-refractivity contribution in [1.82, 2.24) is 4.90 Å². The molecule has 0 amide bonds. The van der Waals surface area contributed by atoms with Gasteiger partial charge in [-0.2, -0.15) is 0 Å². The largest absolute Gasteiger partial charge is 0.344 e. The SMILES string of the molecule is CCC(C)N(C(=S)Nc1ccc(F)cc1F)C(C)CC. The van der Waals surface area contributed by atoms with Gasteiger partial charge in [0.2, 0.25) is 0 Å². The molecular weight excluding hydrogens is 278 g/mol. The number of nitrogens with zero attached hydrogens (tertiary/aromatic N) is 1. The molecule has 5 heteroatoms. The normalized spacial score (nSPS) is 13.7. The monoisotopic (exact) mass is 300 g/mol. The van der Waals surface area contributed by atoms with E-state index >= 15 is 0 Å². The second-order valence-electron chi connectivity index (χ2n) is 4.98. The first-order valence-electron chi connectivity index (χ1n) is 6.95. The molecule has 2 unspecified atom stereocenters. The quantitative estimate of drug-likeness (QED) is 0.802. The molecule has 0 saturated heterocycles. The summed E-state index contributed by atoms with van der Waals surface area (Å²) in [4.78, 5) is 2.07. The Balaban J connectivity index is 2.90. The number of anilines is 1. The van der Waals surface area contributed by atoms with E-state index in [1.165, 1.54) is 12.1 Å². The van der Waals surface area contributed by atoms with Crippen LogP contribution in [0.5, 0.6) is 0 Å². The molecule has 2 atom stereocenters. The van der Waals surface area contributed by atoms with Crippen molar-refractivity contribution in [2.75, 3.05) is 5.32 Å². The third kappa shape index (κ3) is 4.13. The number of benzene rings is 1. The lowest BCUT2D eigenvalue weighted by atomic mass is 10.1. The van der Waals surface area contributed by atoms with Gasteiger partial charge in [0.25, 0.3) is 0 Å². The summed E-state index contributed by atoms with van der Waals surface area (Å²) in [6, 6.07) is 3.94. The Morgan fingerprint density at radius 2 is 1.75 bits per heavy atom.